The van der Waals surface area contributed by atoms with E-state index in [1.807, 2.05) is 0 Å². The van der Waals surface area contributed by atoms with Gasteiger partial charge in [0.2, 0.25) is 0 Å². The van der Waals surface area contributed by atoms with Gasteiger partial charge >= 0.3 is 17.4 Å². The molecule has 1 saturated heterocycles. The summed E-state index contributed by atoms with van der Waals surface area (Å²) in [5, 5.41) is 3.22. The molecule has 0 amide bonds. The topological polar surface area (TPSA) is 55.4 Å². The Morgan fingerprint density at radius 2 is 1.60 bits per heavy atom. The summed E-state index contributed by atoms with van der Waals surface area (Å²) in [5.41, 5.74) is 0. The first-order valence-electron chi connectivity index (χ1n) is 2.94. The Kier molecular flexibility index (Phi) is 9.23. The summed E-state index contributed by atoms with van der Waals surface area (Å²) in [7, 11) is -1.09. The Morgan fingerprint density at radius 3 is 1.70 bits per heavy atom. The van der Waals surface area contributed by atoms with Crippen molar-refractivity contribution in [2.75, 3.05) is 13.1 Å². The normalized spacial score (nSPS) is 16.8. The SMILES string of the molecule is C1CCNC1.O=POP=O. The minimum atomic E-state index is -0.545. The van der Waals surface area contributed by atoms with Gasteiger partial charge in [-0.1, -0.05) is 0 Å². The predicted molar refractivity (Wildman–Crippen MR) is 38.4 cm³/mol. The van der Waals surface area contributed by atoms with Crippen LogP contribution in [0.3, 0.4) is 0 Å². The Labute approximate surface area is 62.9 Å². The van der Waals surface area contributed by atoms with Crippen molar-refractivity contribution < 1.29 is 13.4 Å². The fourth-order valence-electron chi connectivity index (χ4n) is 0.639. The molecule has 10 heavy (non-hydrogen) atoms. The molecule has 0 spiro atoms. The average Bonchev–Trinajstić information content (AvgIpc) is 2.44. The zero-order valence-corrected chi connectivity index (χ0v) is 7.24. The molecule has 1 aliphatic rings. The van der Waals surface area contributed by atoms with Crippen molar-refractivity contribution in [1.29, 1.82) is 0 Å². The maximum Gasteiger partial charge on any atom is 0.339 e. The summed E-state index contributed by atoms with van der Waals surface area (Å²) in [6.07, 6.45) is 2.78. The van der Waals surface area contributed by atoms with Gasteiger partial charge in [0.1, 0.15) is 0 Å². The van der Waals surface area contributed by atoms with Crippen LogP contribution < -0.4 is 5.32 Å². The van der Waals surface area contributed by atoms with Gasteiger partial charge in [0.15, 0.2) is 0 Å². The van der Waals surface area contributed by atoms with Crippen LogP contribution in [0.15, 0.2) is 0 Å². The van der Waals surface area contributed by atoms with Crippen LogP contribution in [0, 0.1) is 0 Å². The summed E-state index contributed by atoms with van der Waals surface area (Å²) in [6, 6.07) is 0. The van der Waals surface area contributed by atoms with Crippen LogP contribution in [0.5, 0.6) is 0 Å². The predicted octanol–water partition coefficient (Wildman–Crippen LogP) is 1.79. The summed E-state index contributed by atoms with van der Waals surface area (Å²) in [6.45, 7) is 2.50. The molecular formula is C4H9NO3P2. The van der Waals surface area contributed by atoms with E-state index in [-0.39, 0.29) is 0 Å². The van der Waals surface area contributed by atoms with Crippen molar-refractivity contribution in [1.82, 2.24) is 5.32 Å². The molecule has 0 bridgehead atoms. The number of hydrogen-bond donors (Lipinski definition) is 1. The van der Waals surface area contributed by atoms with Crippen LogP contribution in [-0.4, -0.2) is 13.1 Å². The molecule has 0 aliphatic carbocycles. The van der Waals surface area contributed by atoms with Gasteiger partial charge in [-0.2, -0.15) is 4.31 Å². The summed E-state index contributed by atoms with van der Waals surface area (Å²) < 4.78 is 21.8. The van der Waals surface area contributed by atoms with Crippen LogP contribution in [0.25, 0.3) is 0 Å². The number of rotatable bonds is 2. The molecular weight excluding hydrogens is 172 g/mol. The van der Waals surface area contributed by atoms with Crippen molar-refractivity contribution in [3.05, 3.63) is 0 Å². The van der Waals surface area contributed by atoms with Gasteiger partial charge in [0.25, 0.3) is 0 Å². The molecule has 1 fully saturated rings. The Morgan fingerprint density at radius 1 is 1.10 bits per heavy atom. The first-order valence-corrected chi connectivity index (χ1v) is 4.40. The molecule has 0 aromatic carbocycles. The van der Waals surface area contributed by atoms with Crippen molar-refractivity contribution in [2.24, 2.45) is 0 Å². The van der Waals surface area contributed by atoms with Gasteiger partial charge in [0, 0.05) is 0 Å². The van der Waals surface area contributed by atoms with Gasteiger partial charge in [-0.05, 0) is 25.9 Å². The van der Waals surface area contributed by atoms with Gasteiger partial charge in [-0.15, -0.1) is 0 Å². The smallest absolute Gasteiger partial charge is 0.317 e. The third kappa shape index (κ3) is 8.12. The average molecular weight is 181 g/mol. The van der Waals surface area contributed by atoms with E-state index in [4.69, 9.17) is 9.13 Å². The fourth-order valence-corrected chi connectivity index (χ4v) is 0.747. The van der Waals surface area contributed by atoms with E-state index in [0.717, 1.165) is 0 Å². The molecule has 0 atom stereocenters. The van der Waals surface area contributed by atoms with Gasteiger partial charge in [-0.3, -0.25) is 0 Å². The number of hydrogen-bond acceptors (Lipinski definition) is 4. The molecule has 0 aromatic heterocycles. The summed E-state index contributed by atoms with van der Waals surface area (Å²) in [4.78, 5) is 0. The third-order valence-electron chi connectivity index (χ3n) is 1.02. The molecule has 0 radical (unpaired) electrons. The molecule has 1 rings (SSSR count). The quantitative estimate of drug-likeness (QED) is 0.659. The standard InChI is InChI=1S/C4H9N.O3P2/c1-2-4-5-3-1;1-4-3-5-2/h5H,1-4H2;. The summed E-state index contributed by atoms with van der Waals surface area (Å²) >= 11 is 0. The van der Waals surface area contributed by atoms with Crippen LogP contribution in [0.1, 0.15) is 12.8 Å². The van der Waals surface area contributed by atoms with Crippen LogP contribution in [-0.2, 0) is 13.4 Å². The lowest BCUT2D eigenvalue weighted by Crippen LogP contribution is -2.03. The largest absolute Gasteiger partial charge is 0.339 e. The van der Waals surface area contributed by atoms with Crippen LogP contribution in [0.2, 0.25) is 0 Å². The zero-order chi connectivity index (χ0) is 7.66. The minimum Gasteiger partial charge on any atom is -0.317 e. The van der Waals surface area contributed by atoms with Crippen molar-refractivity contribution in [3.8, 4) is 0 Å². The monoisotopic (exact) mass is 181 g/mol. The van der Waals surface area contributed by atoms with E-state index in [1.165, 1.54) is 25.9 Å². The van der Waals surface area contributed by atoms with Gasteiger partial charge in [0.05, 0.1) is 0 Å². The molecule has 0 unspecified atom stereocenters. The molecule has 58 valence electrons. The molecule has 4 nitrogen and oxygen atoms in total. The molecule has 0 saturated carbocycles. The Bertz CT molecular complexity index is 82.9. The zero-order valence-electron chi connectivity index (χ0n) is 5.45. The van der Waals surface area contributed by atoms with E-state index in [0.29, 0.717) is 0 Å². The second-order valence-electron chi connectivity index (χ2n) is 1.69. The van der Waals surface area contributed by atoms with Crippen molar-refractivity contribution >= 4 is 17.4 Å². The van der Waals surface area contributed by atoms with Gasteiger partial charge < -0.3 is 5.32 Å². The third-order valence-corrected chi connectivity index (χ3v) is 1.56. The Hall–Kier alpha value is 0.120. The first kappa shape index (κ1) is 10.1. The van der Waals surface area contributed by atoms with Crippen molar-refractivity contribution in [3.63, 3.8) is 0 Å². The lowest BCUT2D eigenvalue weighted by molar-refractivity contribution is 0.516. The molecule has 1 aliphatic heterocycles. The van der Waals surface area contributed by atoms with Crippen LogP contribution in [0.4, 0.5) is 0 Å². The van der Waals surface area contributed by atoms with E-state index >= 15 is 0 Å². The van der Waals surface area contributed by atoms with Crippen molar-refractivity contribution in [2.45, 2.75) is 12.8 Å². The molecule has 1 heterocycles. The van der Waals surface area contributed by atoms with E-state index in [2.05, 4.69) is 9.63 Å². The highest BCUT2D eigenvalue weighted by Crippen LogP contribution is 2.04. The molecule has 6 heteroatoms. The second kappa shape index (κ2) is 9.12. The van der Waals surface area contributed by atoms with E-state index in [9.17, 15) is 0 Å². The van der Waals surface area contributed by atoms with E-state index in [1.54, 1.807) is 0 Å². The second-order valence-corrected chi connectivity index (χ2v) is 2.64. The minimum absolute atomic E-state index is 0.545. The highest BCUT2D eigenvalue weighted by atomic mass is 31.1. The van der Waals surface area contributed by atoms with E-state index < -0.39 is 17.4 Å². The fraction of sp³-hybridized carbons (Fsp3) is 1.00. The maximum atomic E-state index is 9.07. The molecule has 0 aromatic rings. The van der Waals surface area contributed by atoms with Gasteiger partial charge in [-0.25, -0.2) is 9.13 Å². The molecule has 1 N–H and O–H groups in total. The highest BCUT2D eigenvalue weighted by Gasteiger charge is 1.93. The highest BCUT2D eigenvalue weighted by molar-refractivity contribution is 7.32. The summed E-state index contributed by atoms with van der Waals surface area (Å²) in [5.74, 6) is 0. The first-order chi connectivity index (χ1) is 4.91. The Balaban J connectivity index is 0.000000162. The lowest BCUT2D eigenvalue weighted by atomic mass is 10.4. The lowest BCUT2D eigenvalue weighted by Gasteiger charge is -1.76. The maximum absolute atomic E-state index is 9.07. The van der Waals surface area contributed by atoms with Crippen LogP contribution >= 0.6 is 17.4 Å². The number of nitrogens with one attached hydrogen (secondary N) is 1.